The second-order valence-corrected chi connectivity index (χ2v) is 9.95. The van der Waals surface area contributed by atoms with Crippen molar-refractivity contribution in [1.29, 1.82) is 0 Å². The summed E-state index contributed by atoms with van der Waals surface area (Å²) in [4.78, 5) is 14.5. The van der Waals surface area contributed by atoms with E-state index in [1.807, 2.05) is 17.0 Å². The first kappa shape index (κ1) is 17.0. The molecule has 3 heterocycles. The molecule has 1 fully saturated rings. The fraction of sp³-hybridized carbons (Fsp3) is 0.632. The van der Waals surface area contributed by atoms with E-state index >= 15 is 0 Å². The van der Waals surface area contributed by atoms with Gasteiger partial charge in [0, 0.05) is 26.1 Å². The molecular weight excluding hydrogens is 336 g/mol. The number of rotatable bonds is 2. The number of carbonyl (C=O) groups excluding carboxylic acids is 1. The number of amides is 1. The minimum absolute atomic E-state index is 0.169. The monoisotopic (exact) mass is 362 g/mol. The lowest BCUT2D eigenvalue weighted by atomic mass is 9.92. The SMILES string of the molecule is C[C@H]1C[C@H](C)CN(S(=O)(=O)c2cc3c4c(c2)CCC(=O)N4CCC3)C1. The van der Waals surface area contributed by atoms with Gasteiger partial charge in [0.05, 0.1) is 10.6 Å². The number of sulfonamides is 1. The summed E-state index contributed by atoms with van der Waals surface area (Å²) < 4.78 is 28.1. The Morgan fingerprint density at radius 1 is 1.00 bits per heavy atom. The lowest BCUT2D eigenvalue weighted by Gasteiger charge is -2.37. The van der Waals surface area contributed by atoms with Gasteiger partial charge in [0.1, 0.15) is 0 Å². The Morgan fingerprint density at radius 2 is 1.64 bits per heavy atom. The van der Waals surface area contributed by atoms with Crippen LogP contribution >= 0.6 is 0 Å². The highest BCUT2D eigenvalue weighted by Gasteiger charge is 2.35. The van der Waals surface area contributed by atoms with Crippen LogP contribution in [0, 0.1) is 11.8 Å². The molecule has 0 spiro atoms. The van der Waals surface area contributed by atoms with Crippen LogP contribution in [0.5, 0.6) is 0 Å². The van der Waals surface area contributed by atoms with Crippen molar-refractivity contribution >= 4 is 21.6 Å². The topological polar surface area (TPSA) is 57.7 Å². The highest BCUT2D eigenvalue weighted by atomic mass is 32.2. The molecule has 136 valence electrons. The maximum Gasteiger partial charge on any atom is 0.243 e. The molecule has 0 aromatic heterocycles. The van der Waals surface area contributed by atoms with Gasteiger partial charge >= 0.3 is 0 Å². The van der Waals surface area contributed by atoms with Crippen LogP contribution in [0.15, 0.2) is 17.0 Å². The molecule has 1 aromatic rings. The van der Waals surface area contributed by atoms with Crippen molar-refractivity contribution in [1.82, 2.24) is 4.31 Å². The van der Waals surface area contributed by atoms with E-state index in [-0.39, 0.29) is 5.91 Å². The van der Waals surface area contributed by atoms with E-state index in [2.05, 4.69) is 13.8 Å². The van der Waals surface area contributed by atoms with Gasteiger partial charge < -0.3 is 4.90 Å². The maximum atomic E-state index is 13.2. The molecule has 25 heavy (non-hydrogen) atoms. The molecule has 1 saturated heterocycles. The highest BCUT2D eigenvalue weighted by molar-refractivity contribution is 7.89. The van der Waals surface area contributed by atoms with Crippen LogP contribution in [0.4, 0.5) is 5.69 Å². The van der Waals surface area contributed by atoms with E-state index in [9.17, 15) is 13.2 Å². The van der Waals surface area contributed by atoms with Crippen molar-refractivity contribution in [3.8, 4) is 0 Å². The number of aryl methyl sites for hydroxylation is 2. The van der Waals surface area contributed by atoms with Gasteiger partial charge in [0.2, 0.25) is 15.9 Å². The average molecular weight is 362 g/mol. The zero-order valence-corrected chi connectivity index (χ0v) is 15.8. The molecular formula is C19H26N2O3S. The number of carbonyl (C=O) groups is 1. The van der Waals surface area contributed by atoms with Gasteiger partial charge in [-0.05, 0) is 60.8 Å². The molecule has 0 aliphatic carbocycles. The molecule has 0 N–H and O–H groups in total. The molecule has 0 radical (unpaired) electrons. The number of benzene rings is 1. The Morgan fingerprint density at radius 3 is 2.32 bits per heavy atom. The summed E-state index contributed by atoms with van der Waals surface area (Å²) in [5.41, 5.74) is 3.03. The quantitative estimate of drug-likeness (QED) is 0.812. The van der Waals surface area contributed by atoms with Crippen molar-refractivity contribution < 1.29 is 13.2 Å². The Bertz CT molecular complexity index is 791. The van der Waals surface area contributed by atoms with Crippen molar-refractivity contribution in [3.63, 3.8) is 0 Å². The normalized spacial score (nSPS) is 27.3. The summed E-state index contributed by atoms with van der Waals surface area (Å²) in [6.45, 7) is 6.20. The number of nitrogens with zero attached hydrogens (tertiary/aromatic N) is 2. The van der Waals surface area contributed by atoms with Gasteiger partial charge in [-0.25, -0.2) is 8.42 Å². The fourth-order valence-electron chi connectivity index (χ4n) is 4.72. The minimum Gasteiger partial charge on any atom is -0.312 e. The molecule has 4 rings (SSSR count). The van der Waals surface area contributed by atoms with E-state index in [0.717, 1.165) is 42.6 Å². The van der Waals surface area contributed by atoms with Crippen LogP contribution in [0.2, 0.25) is 0 Å². The molecule has 3 aliphatic rings. The van der Waals surface area contributed by atoms with E-state index in [1.54, 1.807) is 4.31 Å². The highest BCUT2D eigenvalue weighted by Crippen LogP contribution is 2.38. The molecule has 0 unspecified atom stereocenters. The summed E-state index contributed by atoms with van der Waals surface area (Å²) >= 11 is 0. The van der Waals surface area contributed by atoms with Crippen LogP contribution in [0.25, 0.3) is 0 Å². The number of anilines is 1. The van der Waals surface area contributed by atoms with Gasteiger partial charge in [0.15, 0.2) is 0 Å². The van der Waals surface area contributed by atoms with E-state index in [1.165, 1.54) is 0 Å². The zero-order valence-electron chi connectivity index (χ0n) is 15.0. The first-order valence-electron chi connectivity index (χ1n) is 9.32. The summed E-state index contributed by atoms with van der Waals surface area (Å²) in [5, 5.41) is 0. The number of hydrogen-bond donors (Lipinski definition) is 0. The van der Waals surface area contributed by atoms with Crippen LogP contribution in [-0.2, 0) is 27.7 Å². The molecule has 1 amide bonds. The largest absolute Gasteiger partial charge is 0.312 e. The second kappa shape index (κ2) is 6.09. The van der Waals surface area contributed by atoms with E-state index in [4.69, 9.17) is 0 Å². The number of piperidine rings is 1. The average Bonchev–Trinajstić information content (AvgIpc) is 2.57. The standard InChI is InChI=1S/C19H26N2O3S/c1-13-8-14(2)12-20(11-13)25(23,24)17-9-15-4-3-7-21-18(22)6-5-16(10-17)19(15)21/h9-10,13-14H,3-8,11-12H2,1-2H3/t13-,14-/m0/s1. The summed E-state index contributed by atoms with van der Waals surface area (Å²) in [6.07, 6.45) is 3.96. The third-order valence-electron chi connectivity index (χ3n) is 5.72. The number of hydrogen-bond acceptors (Lipinski definition) is 3. The Kier molecular flexibility index (Phi) is 4.15. The molecule has 2 atom stereocenters. The predicted octanol–water partition coefficient (Wildman–Crippen LogP) is 2.58. The smallest absolute Gasteiger partial charge is 0.243 e. The van der Waals surface area contributed by atoms with Gasteiger partial charge in [-0.2, -0.15) is 4.31 Å². The van der Waals surface area contributed by atoms with E-state index < -0.39 is 10.0 Å². The third kappa shape index (κ3) is 2.89. The molecule has 5 nitrogen and oxygen atoms in total. The Labute approximate surface area is 150 Å². The summed E-state index contributed by atoms with van der Waals surface area (Å²) in [6, 6.07) is 3.64. The second-order valence-electron chi connectivity index (χ2n) is 8.01. The van der Waals surface area contributed by atoms with Crippen molar-refractivity contribution in [2.45, 2.75) is 50.8 Å². The Hall–Kier alpha value is -1.40. The van der Waals surface area contributed by atoms with Crippen molar-refractivity contribution in [2.75, 3.05) is 24.5 Å². The first-order valence-corrected chi connectivity index (χ1v) is 10.8. The molecule has 3 aliphatic heterocycles. The van der Waals surface area contributed by atoms with Crippen LogP contribution in [-0.4, -0.2) is 38.3 Å². The van der Waals surface area contributed by atoms with Gasteiger partial charge in [-0.3, -0.25) is 4.79 Å². The third-order valence-corrected chi connectivity index (χ3v) is 7.53. The van der Waals surface area contributed by atoms with Crippen molar-refractivity contribution in [3.05, 3.63) is 23.3 Å². The summed E-state index contributed by atoms with van der Waals surface area (Å²) in [7, 11) is -3.47. The van der Waals surface area contributed by atoms with Crippen LogP contribution in [0.1, 0.15) is 44.2 Å². The Balaban J connectivity index is 1.75. The summed E-state index contributed by atoms with van der Waals surface area (Å²) in [5.74, 6) is 0.952. The van der Waals surface area contributed by atoms with Crippen LogP contribution < -0.4 is 4.90 Å². The van der Waals surface area contributed by atoms with E-state index in [0.29, 0.717) is 42.7 Å². The maximum absolute atomic E-state index is 13.2. The lowest BCUT2D eigenvalue weighted by Crippen LogP contribution is -2.43. The fourth-order valence-corrected chi connectivity index (χ4v) is 6.50. The lowest BCUT2D eigenvalue weighted by molar-refractivity contribution is -0.119. The van der Waals surface area contributed by atoms with Crippen molar-refractivity contribution in [2.24, 2.45) is 11.8 Å². The first-order chi connectivity index (χ1) is 11.9. The molecule has 0 bridgehead atoms. The van der Waals surface area contributed by atoms with Gasteiger partial charge in [-0.1, -0.05) is 13.8 Å². The molecule has 0 saturated carbocycles. The molecule has 6 heteroatoms. The minimum atomic E-state index is -3.47. The van der Waals surface area contributed by atoms with Gasteiger partial charge in [-0.15, -0.1) is 0 Å². The zero-order chi connectivity index (χ0) is 17.8. The molecule has 1 aromatic carbocycles. The van der Waals surface area contributed by atoms with Gasteiger partial charge in [0.25, 0.3) is 0 Å². The predicted molar refractivity (Wildman–Crippen MR) is 97.1 cm³/mol. The van der Waals surface area contributed by atoms with Crippen LogP contribution in [0.3, 0.4) is 0 Å².